The number of nitrogens with one attached hydrogen (secondary N) is 1. The third-order valence-corrected chi connectivity index (χ3v) is 4.76. The summed E-state index contributed by atoms with van der Waals surface area (Å²) >= 11 is 6.09. The zero-order valence-electron chi connectivity index (χ0n) is 13.4. The van der Waals surface area contributed by atoms with Gasteiger partial charge in [0.15, 0.2) is 5.78 Å². The lowest BCUT2D eigenvalue weighted by atomic mass is 9.71. The molecule has 0 aromatic heterocycles. The lowest BCUT2D eigenvalue weighted by Crippen LogP contribution is -2.48. The Labute approximate surface area is 152 Å². The summed E-state index contributed by atoms with van der Waals surface area (Å²) in [7, 11) is 0. The molecule has 136 valence electrons. The van der Waals surface area contributed by atoms with Crippen molar-refractivity contribution in [3.05, 3.63) is 77.1 Å². The number of benzene rings is 2. The van der Waals surface area contributed by atoms with Gasteiger partial charge in [-0.15, -0.1) is 0 Å². The maximum atomic E-state index is 13.4. The highest BCUT2D eigenvalue weighted by atomic mass is 35.5. The molecule has 0 bridgehead atoms. The van der Waals surface area contributed by atoms with Crippen molar-refractivity contribution in [3.63, 3.8) is 0 Å². The van der Waals surface area contributed by atoms with Crippen LogP contribution in [0.25, 0.3) is 0 Å². The second kappa shape index (κ2) is 6.76. The second-order valence-electron chi connectivity index (χ2n) is 6.10. The normalized spacial score (nSPS) is 22.7. The van der Waals surface area contributed by atoms with Crippen LogP contribution >= 0.6 is 11.6 Å². The minimum Gasteiger partial charge on any atom is -0.376 e. The first-order valence-electron chi connectivity index (χ1n) is 7.79. The average molecular weight is 384 g/mol. The molecule has 2 aromatic carbocycles. The molecule has 0 amide bonds. The topological polar surface area (TPSA) is 29.1 Å². The van der Waals surface area contributed by atoms with Crippen LogP contribution in [0.3, 0.4) is 0 Å². The largest absolute Gasteiger partial charge is 0.390 e. The standard InChI is InChI=1S/C19H14ClF4NO/c20-14-3-1-2-4-15(14)25-16-9-10-17(26)18(16,11-19(22,23)24)12-5-7-13(21)8-6-12/h1-10,16,25H,11H2/t16-,18-/m1/s1. The van der Waals surface area contributed by atoms with Gasteiger partial charge in [0.05, 0.1) is 28.6 Å². The SMILES string of the molecule is O=C1C=C[C@@H](Nc2ccccc2Cl)[C@@]1(CC(F)(F)F)c1ccc(F)cc1. The quantitative estimate of drug-likeness (QED) is 0.727. The number of ketones is 1. The van der Waals surface area contributed by atoms with Crippen molar-refractivity contribution in [2.45, 2.75) is 24.1 Å². The Morgan fingerprint density at radius 3 is 2.35 bits per heavy atom. The first-order chi connectivity index (χ1) is 12.2. The highest BCUT2D eigenvalue weighted by molar-refractivity contribution is 6.33. The molecule has 0 heterocycles. The molecule has 0 radical (unpaired) electrons. The molecule has 2 atom stereocenters. The lowest BCUT2D eigenvalue weighted by Gasteiger charge is -2.36. The molecular formula is C19H14ClF4NO. The van der Waals surface area contributed by atoms with Crippen molar-refractivity contribution in [3.8, 4) is 0 Å². The molecule has 0 aliphatic heterocycles. The van der Waals surface area contributed by atoms with Gasteiger partial charge in [-0.3, -0.25) is 4.79 Å². The van der Waals surface area contributed by atoms with Gasteiger partial charge in [0.1, 0.15) is 5.82 Å². The average Bonchev–Trinajstić information content (AvgIpc) is 2.86. The molecule has 3 rings (SSSR count). The van der Waals surface area contributed by atoms with Gasteiger partial charge in [0.2, 0.25) is 0 Å². The predicted octanol–water partition coefficient (Wildman–Crippen LogP) is 5.29. The molecule has 0 unspecified atom stereocenters. The number of hydrogen-bond acceptors (Lipinski definition) is 2. The van der Waals surface area contributed by atoms with E-state index in [4.69, 9.17) is 11.6 Å². The summed E-state index contributed by atoms with van der Waals surface area (Å²) < 4.78 is 53.4. The van der Waals surface area contributed by atoms with E-state index in [1.165, 1.54) is 18.2 Å². The minimum atomic E-state index is -4.60. The van der Waals surface area contributed by atoms with Crippen LogP contribution in [0, 0.1) is 5.82 Å². The molecular weight excluding hydrogens is 370 g/mol. The number of carbonyl (C=O) groups is 1. The number of halogens is 5. The Balaban J connectivity index is 2.09. The maximum absolute atomic E-state index is 13.4. The van der Waals surface area contributed by atoms with Crippen molar-refractivity contribution in [2.75, 3.05) is 5.32 Å². The van der Waals surface area contributed by atoms with Gasteiger partial charge in [-0.25, -0.2) is 4.39 Å². The van der Waals surface area contributed by atoms with Crippen LogP contribution in [0.5, 0.6) is 0 Å². The minimum absolute atomic E-state index is 0.0933. The van der Waals surface area contributed by atoms with Gasteiger partial charge < -0.3 is 5.32 Å². The van der Waals surface area contributed by atoms with Crippen LogP contribution in [-0.2, 0) is 10.2 Å². The van der Waals surface area contributed by atoms with Crippen LogP contribution in [0.2, 0.25) is 5.02 Å². The van der Waals surface area contributed by atoms with E-state index >= 15 is 0 Å². The summed E-state index contributed by atoms with van der Waals surface area (Å²) in [5, 5.41) is 3.25. The van der Waals surface area contributed by atoms with Crippen LogP contribution < -0.4 is 5.32 Å². The summed E-state index contributed by atoms with van der Waals surface area (Å²) in [6, 6.07) is 10.1. The first kappa shape index (κ1) is 18.5. The van der Waals surface area contributed by atoms with Crippen LogP contribution in [0.15, 0.2) is 60.7 Å². The van der Waals surface area contributed by atoms with Gasteiger partial charge in [-0.2, -0.15) is 13.2 Å². The fraction of sp³-hybridized carbons (Fsp3) is 0.211. The number of carbonyl (C=O) groups excluding carboxylic acids is 1. The highest BCUT2D eigenvalue weighted by Gasteiger charge is 2.54. The molecule has 1 N–H and O–H groups in total. The summed E-state index contributed by atoms with van der Waals surface area (Å²) in [4.78, 5) is 12.6. The van der Waals surface area contributed by atoms with Crippen LogP contribution in [-0.4, -0.2) is 18.0 Å². The molecule has 2 nitrogen and oxygen atoms in total. The van der Waals surface area contributed by atoms with Crippen molar-refractivity contribution in [1.29, 1.82) is 0 Å². The Bertz CT molecular complexity index is 847. The molecule has 2 aromatic rings. The Kier molecular flexibility index (Phi) is 4.80. The van der Waals surface area contributed by atoms with Crippen molar-refractivity contribution >= 4 is 23.1 Å². The van der Waals surface area contributed by atoms with E-state index < -0.39 is 35.7 Å². The van der Waals surface area contributed by atoms with Crippen LogP contribution in [0.4, 0.5) is 23.2 Å². The molecule has 7 heteroatoms. The zero-order valence-corrected chi connectivity index (χ0v) is 14.1. The van der Waals surface area contributed by atoms with Crippen molar-refractivity contribution in [2.24, 2.45) is 0 Å². The summed E-state index contributed by atoms with van der Waals surface area (Å²) in [5.41, 5.74) is -1.42. The highest BCUT2D eigenvalue weighted by Crippen LogP contribution is 2.45. The molecule has 1 aliphatic rings. The van der Waals surface area contributed by atoms with E-state index in [1.807, 2.05) is 0 Å². The third kappa shape index (κ3) is 3.46. The predicted molar refractivity (Wildman–Crippen MR) is 91.8 cm³/mol. The lowest BCUT2D eigenvalue weighted by molar-refractivity contribution is -0.155. The Hall–Kier alpha value is -2.34. The molecule has 0 spiro atoms. The van der Waals surface area contributed by atoms with Crippen molar-refractivity contribution < 1.29 is 22.4 Å². The Morgan fingerprint density at radius 2 is 1.73 bits per heavy atom. The zero-order chi connectivity index (χ0) is 18.9. The number of alkyl halides is 3. The van der Waals surface area contributed by atoms with E-state index in [9.17, 15) is 22.4 Å². The molecule has 0 saturated carbocycles. The van der Waals surface area contributed by atoms with Gasteiger partial charge in [0, 0.05) is 0 Å². The van der Waals surface area contributed by atoms with Gasteiger partial charge in [0.25, 0.3) is 0 Å². The van der Waals surface area contributed by atoms with Crippen molar-refractivity contribution in [1.82, 2.24) is 0 Å². The summed E-state index contributed by atoms with van der Waals surface area (Å²) in [6.07, 6.45) is -3.46. The third-order valence-electron chi connectivity index (χ3n) is 4.43. The second-order valence-corrected chi connectivity index (χ2v) is 6.50. The van der Waals surface area contributed by atoms with Gasteiger partial charge in [-0.1, -0.05) is 41.9 Å². The number of hydrogen-bond donors (Lipinski definition) is 1. The fourth-order valence-corrected chi connectivity index (χ4v) is 3.44. The van der Waals surface area contributed by atoms with E-state index in [1.54, 1.807) is 24.3 Å². The number of para-hydroxylation sites is 1. The molecule has 26 heavy (non-hydrogen) atoms. The van der Waals surface area contributed by atoms with E-state index in [0.29, 0.717) is 10.7 Å². The number of anilines is 1. The summed E-state index contributed by atoms with van der Waals surface area (Å²) in [6.45, 7) is 0. The fourth-order valence-electron chi connectivity index (χ4n) is 3.25. The monoisotopic (exact) mass is 383 g/mol. The number of allylic oxidation sites excluding steroid dienone is 1. The van der Waals surface area contributed by atoms with Gasteiger partial charge >= 0.3 is 6.18 Å². The first-order valence-corrected chi connectivity index (χ1v) is 8.17. The van der Waals surface area contributed by atoms with E-state index in [2.05, 4.69) is 5.32 Å². The molecule has 0 saturated heterocycles. The van der Waals surface area contributed by atoms with E-state index in [0.717, 1.165) is 18.2 Å². The smallest absolute Gasteiger partial charge is 0.376 e. The summed E-state index contributed by atoms with van der Waals surface area (Å²) in [5.74, 6) is -1.28. The number of rotatable bonds is 4. The Morgan fingerprint density at radius 1 is 1.08 bits per heavy atom. The molecule has 1 aliphatic carbocycles. The van der Waals surface area contributed by atoms with Crippen LogP contribution in [0.1, 0.15) is 12.0 Å². The van der Waals surface area contributed by atoms with E-state index in [-0.39, 0.29) is 5.56 Å². The molecule has 0 fully saturated rings. The van der Waals surface area contributed by atoms with Gasteiger partial charge in [-0.05, 0) is 35.9 Å². The maximum Gasteiger partial charge on any atom is 0.390 e.